The lowest BCUT2D eigenvalue weighted by atomic mass is 10.1. The van der Waals surface area contributed by atoms with Crippen LogP contribution in [0.4, 0.5) is 4.39 Å². The number of hydrogen-bond acceptors (Lipinski definition) is 4. The molecule has 0 atom stereocenters. The standard InChI is InChI=1S/C24H25FN4O3/c1-16-20(14-27-29(16)22-5-3-2-4-21(22)25)24(31)26-13-12-17-6-10-19(11-7-17)32-15-23(30)28-18-8-9-18/h2-7,10-11,14,18H,8-9,12-13,15H2,1H3,(H,26,31)(H,28,30). The molecule has 8 heteroatoms. The molecule has 32 heavy (non-hydrogen) atoms. The van der Waals surface area contributed by atoms with Crippen LogP contribution in [0.1, 0.15) is 34.5 Å². The number of ether oxygens (including phenoxy) is 1. The van der Waals surface area contributed by atoms with Crippen molar-refractivity contribution >= 4 is 11.8 Å². The number of para-hydroxylation sites is 1. The van der Waals surface area contributed by atoms with E-state index in [9.17, 15) is 14.0 Å². The van der Waals surface area contributed by atoms with Crippen molar-refractivity contribution in [1.29, 1.82) is 0 Å². The molecular weight excluding hydrogens is 411 g/mol. The molecule has 2 aromatic carbocycles. The molecule has 0 bridgehead atoms. The lowest BCUT2D eigenvalue weighted by Crippen LogP contribution is -2.30. The number of halogens is 1. The van der Waals surface area contributed by atoms with E-state index in [1.54, 1.807) is 25.1 Å². The minimum absolute atomic E-state index is 0.00577. The number of hydrogen-bond donors (Lipinski definition) is 2. The fourth-order valence-electron chi connectivity index (χ4n) is 3.31. The predicted octanol–water partition coefficient (Wildman–Crippen LogP) is 2.95. The van der Waals surface area contributed by atoms with Gasteiger partial charge >= 0.3 is 0 Å². The number of carbonyl (C=O) groups excluding carboxylic acids is 2. The van der Waals surface area contributed by atoms with Crippen LogP contribution in [0.2, 0.25) is 0 Å². The van der Waals surface area contributed by atoms with E-state index in [2.05, 4.69) is 15.7 Å². The van der Waals surface area contributed by atoms with Gasteiger partial charge in [0.1, 0.15) is 17.3 Å². The highest BCUT2D eigenvalue weighted by atomic mass is 19.1. The zero-order chi connectivity index (χ0) is 22.5. The molecule has 3 aromatic rings. The molecule has 1 heterocycles. The number of amides is 2. The van der Waals surface area contributed by atoms with Crippen LogP contribution in [-0.2, 0) is 11.2 Å². The van der Waals surface area contributed by atoms with Gasteiger partial charge in [-0.15, -0.1) is 0 Å². The summed E-state index contributed by atoms with van der Waals surface area (Å²) in [5.74, 6) is -0.138. The highest BCUT2D eigenvalue weighted by Crippen LogP contribution is 2.19. The van der Waals surface area contributed by atoms with Crippen LogP contribution in [-0.4, -0.2) is 40.8 Å². The Morgan fingerprint density at radius 3 is 2.62 bits per heavy atom. The van der Waals surface area contributed by atoms with Crippen molar-refractivity contribution in [3.8, 4) is 11.4 Å². The lowest BCUT2D eigenvalue weighted by molar-refractivity contribution is -0.123. The van der Waals surface area contributed by atoms with Crippen LogP contribution >= 0.6 is 0 Å². The highest BCUT2D eigenvalue weighted by molar-refractivity contribution is 5.95. The molecule has 2 N–H and O–H groups in total. The lowest BCUT2D eigenvalue weighted by Gasteiger charge is -2.09. The summed E-state index contributed by atoms with van der Waals surface area (Å²) in [6.07, 6.45) is 4.17. The van der Waals surface area contributed by atoms with Gasteiger partial charge in [-0.2, -0.15) is 5.10 Å². The van der Waals surface area contributed by atoms with Crippen molar-refractivity contribution in [3.63, 3.8) is 0 Å². The topological polar surface area (TPSA) is 85.2 Å². The zero-order valence-corrected chi connectivity index (χ0v) is 17.8. The van der Waals surface area contributed by atoms with Gasteiger partial charge < -0.3 is 15.4 Å². The summed E-state index contributed by atoms with van der Waals surface area (Å²) < 4.78 is 21.0. The molecule has 166 valence electrons. The fraction of sp³-hybridized carbons (Fsp3) is 0.292. The van der Waals surface area contributed by atoms with E-state index in [1.165, 1.54) is 16.9 Å². The van der Waals surface area contributed by atoms with Crippen LogP contribution < -0.4 is 15.4 Å². The summed E-state index contributed by atoms with van der Waals surface area (Å²) in [6, 6.07) is 14.0. The first kappa shape index (κ1) is 21.5. The Hall–Kier alpha value is -3.68. The molecule has 1 fully saturated rings. The van der Waals surface area contributed by atoms with Crippen molar-refractivity contribution < 1.29 is 18.7 Å². The van der Waals surface area contributed by atoms with E-state index in [1.807, 2.05) is 24.3 Å². The van der Waals surface area contributed by atoms with Crippen LogP contribution in [0.15, 0.2) is 54.7 Å². The number of nitrogens with zero attached hydrogens (tertiary/aromatic N) is 2. The summed E-state index contributed by atoms with van der Waals surface area (Å²) in [6.45, 7) is 2.18. The van der Waals surface area contributed by atoms with Gasteiger partial charge in [-0.1, -0.05) is 24.3 Å². The molecule has 1 aliphatic rings. The van der Waals surface area contributed by atoms with Crippen molar-refractivity contribution in [2.45, 2.75) is 32.2 Å². The predicted molar refractivity (Wildman–Crippen MR) is 117 cm³/mol. The molecule has 2 amide bonds. The van der Waals surface area contributed by atoms with E-state index >= 15 is 0 Å². The minimum atomic E-state index is -0.401. The van der Waals surface area contributed by atoms with Crippen LogP contribution in [0, 0.1) is 12.7 Å². The van der Waals surface area contributed by atoms with Gasteiger partial charge in [-0.3, -0.25) is 9.59 Å². The Bertz CT molecular complexity index is 1110. The SMILES string of the molecule is Cc1c(C(=O)NCCc2ccc(OCC(=O)NC3CC3)cc2)cnn1-c1ccccc1F. The third kappa shape index (κ3) is 5.32. The van der Waals surface area contributed by atoms with Crippen molar-refractivity contribution in [1.82, 2.24) is 20.4 Å². The molecule has 4 rings (SSSR count). The largest absolute Gasteiger partial charge is 0.484 e. The van der Waals surface area contributed by atoms with Crippen molar-refractivity contribution in [3.05, 3.63) is 77.4 Å². The summed E-state index contributed by atoms with van der Waals surface area (Å²) >= 11 is 0. The summed E-state index contributed by atoms with van der Waals surface area (Å²) in [5, 5.41) is 9.92. The monoisotopic (exact) mass is 436 g/mol. The molecular formula is C24H25FN4O3. The quantitative estimate of drug-likeness (QED) is 0.540. The molecule has 1 saturated carbocycles. The number of rotatable bonds is 9. The Morgan fingerprint density at radius 2 is 1.91 bits per heavy atom. The van der Waals surface area contributed by atoms with Gasteiger partial charge in [0, 0.05) is 12.6 Å². The molecule has 0 saturated heterocycles. The molecule has 7 nitrogen and oxygen atoms in total. The normalized spacial score (nSPS) is 12.9. The van der Waals surface area contributed by atoms with Gasteiger partial charge in [0.2, 0.25) is 0 Å². The van der Waals surface area contributed by atoms with Gasteiger partial charge in [-0.05, 0) is 56.0 Å². The van der Waals surface area contributed by atoms with Crippen molar-refractivity contribution in [2.24, 2.45) is 0 Å². The number of nitrogens with one attached hydrogen (secondary N) is 2. The van der Waals surface area contributed by atoms with E-state index < -0.39 is 5.82 Å². The first-order valence-electron chi connectivity index (χ1n) is 10.6. The Kier molecular flexibility index (Phi) is 6.49. The minimum Gasteiger partial charge on any atom is -0.484 e. The van der Waals surface area contributed by atoms with Crippen LogP contribution in [0.5, 0.6) is 5.75 Å². The maximum Gasteiger partial charge on any atom is 0.258 e. The van der Waals surface area contributed by atoms with Gasteiger partial charge in [-0.25, -0.2) is 9.07 Å². The van der Waals surface area contributed by atoms with E-state index in [0.717, 1.165) is 18.4 Å². The van der Waals surface area contributed by atoms with Crippen LogP contribution in [0.25, 0.3) is 5.69 Å². The Labute approximate surface area is 185 Å². The molecule has 0 radical (unpaired) electrons. The first-order valence-corrected chi connectivity index (χ1v) is 10.6. The maximum atomic E-state index is 14.0. The molecule has 0 spiro atoms. The second-order valence-electron chi connectivity index (χ2n) is 7.79. The first-order chi connectivity index (χ1) is 15.5. The maximum absolute atomic E-state index is 14.0. The second kappa shape index (κ2) is 9.64. The van der Waals surface area contributed by atoms with Gasteiger partial charge in [0.05, 0.1) is 17.5 Å². The summed E-state index contributed by atoms with van der Waals surface area (Å²) in [4.78, 5) is 24.2. The second-order valence-corrected chi connectivity index (χ2v) is 7.79. The fourth-order valence-corrected chi connectivity index (χ4v) is 3.31. The average Bonchev–Trinajstić information content (AvgIpc) is 3.52. The van der Waals surface area contributed by atoms with Gasteiger partial charge in [0.25, 0.3) is 11.8 Å². The van der Waals surface area contributed by atoms with Gasteiger partial charge in [0.15, 0.2) is 6.61 Å². The Balaban J connectivity index is 1.26. The van der Waals surface area contributed by atoms with E-state index in [-0.39, 0.29) is 18.4 Å². The molecule has 1 aromatic heterocycles. The third-order valence-electron chi connectivity index (χ3n) is 5.27. The van der Waals surface area contributed by atoms with Crippen molar-refractivity contribution in [2.75, 3.05) is 13.2 Å². The number of carbonyl (C=O) groups is 2. The third-order valence-corrected chi connectivity index (χ3v) is 5.27. The smallest absolute Gasteiger partial charge is 0.258 e. The molecule has 0 aliphatic heterocycles. The number of benzene rings is 2. The molecule has 1 aliphatic carbocycles. The average molecular weight is 436 g/mol. The zero-order valence-electron chi connectivity index (χ0n) is 17.8. The Morgan fingerprint density at radius 1 is 1.16 bits per heavy atom. The van der Waals surface area contributed by atoms with E-state index in [0.29, 0.717) is 41.7 Å². The summed E-state index contributed by atoms with van der Waals surface area (Å²) in [5.41, 5.74) is 2.30. The number of aromatic nitrogens is 2. The van der Waals surface area contributed by atoms with Crippen LogP contribution in [0.3, 0.4) is 0 Å². The summed E-state index contributed by atoms with van der Waals surface area (Å²) in [7, 11) is 0. The highest BCUT2D eigenvalue weighted by Gasteiger charge is 2.23. The molecule has 0 unspecified atom stereocenters. The van der Waals surface area contributed by atoms with E-state index in [4.69, 9.17) is 4.74 Å².